The van der Waals surface area contributed by atoms with Crippen molar-refractivity contribution < 1.29 is 23.8 Å². The van der Waals surface area contributed by atoms with Gasteiger partial charge in [-0.2, -0.15) is 0 Å². The number of fused-ring (bicyclic) bond motifs is 1. The minimum atomic E-state index is -0.943. The molecular formula is C22H29FMgN2O4. The fourth-order valence-corrected chi connectivity index (χ4v) is 3.38. The third-order valence-electron chi connectivity index (χ3n) is 4.83. The van der Waals surface area contributed by atoms with Crippen molar-refractivity contribution in [2.75, 3.05) is 43.1 Å². The Hall–Kier alpha value is -2.03. The molecular weight excluding hydrogens is 400 g/mol. The van der Waals surface area contributed by atoms with E-state index in [2.05, 4.69) is 10.2 Å². The number of carbonyl (C=O) groups is 1. The van der Waals surface area contributed by atoms with Gasteiger partial charge in [-0.1, -0.05) is 12.1 Å². The van der Waals surface area contributed by atoms with Crippen LogP contribution in [-0.2, 0) is 16.0 Å². The van der Waals surface area contributed by atoms with E-state index in [1.54, 1.807) is 13.0 Å². The lowest BCUT2D eigenvalue weighted by Gasteiger charge is -2.31. The number of nitrogens with zero attached hydrogens (tertiary/aromatic N) is 1. The molecule has 0 bridgehead atoms. The number of hydrogen-bond donors (Lipinski definition) is 2. The van der Waals surface area contributed by atoms with E-state index >= 15 is 0 Å². The molecule has 0 amide bonds. The molecule has 0 aromatic heterocycles. The molecule has 0 fully saturated rings. The lowest BCUT2D eigenvalue weighted by molar-refractivity contribution is -0.149. The number of anilines is 2. The average molecular weight is 429 g/mol. The molecule has 0 saturated heterocycles. The Labute approximate surface area is 192 Å². The Balaban J connectivity index is 0.00000320. The molecule has 3 rings (SSSR count). The van der Waals surface area contributed by atoms with Gasteiger partial charge in [0.15, 0.2) is 6.10 Å². The zero-order chi connectivity index (χ0) is 20.6. The minimum Gasteiger partial charge on any atom is -0.489 e. The average Bonchev–Trinajstić information content (AvgIpc) is 2.71. The Bertz CT molecular complexity index is 819. The number of nitrogens with one attached hydrogen (secondary N) is 1. The van der Waals surface area contributed by atoms with E-state index in [9.17, 15) is 14.3 Å². The van der Waals surface area contributed by atoms with Gasteiger partial charge in [0.05, 0.1) is 12.2 Å². The third-order valence-corrected chi connectivity index (χ3v) is 4.83. The van der Waals surface area contributed by atoms with Crippen molar-refractivity contribution in [2.24, 2.45) is 0 Å². The number of benzene rings is 2. The number of rotatable bonds is 10. The van der Waals surface area contributed by atoms with Crippen molar-refractivity contribution in [1.82, 2.24) is 0 Å². The van der Waals surface area contributed by atoms with E-state index in [0.29, 0.717) is 25.4 Å². The summed E-state index contributed by atoms with van der Waals surface area (Å²) in [5.74, 6) is -0.625. The van der Waals surface area contributed by atoms with E-state index in [4.69, 9.17) is 9.47 Å². The topological polar surface area (TPSA) is 71.0 Å². The van der Waals surface area contributed by atoms with Crippen LogP contribution in [0.4, 0.5) is 15.8 Å². The van der Waals surface area contributed by atoms with Crippen LogP contribution in [0.2, 0.25) is 0 Å². The van der Waals surface area contributed by atoms with Crippen molar-refractivity contribution in [2.45, 2.75) is 25.9 Å². The largest absolute Gasteiger partial charge is 0.489 e. The molecule has 1 atom stereocenters. The maximum absolute atomic E-state index is 13.3. The van der Waals surface area contributed by atoms with Crippen LogP contribution >= 0.6 is 0 Å². The van der Waals surface area contributed by atoms with E-state index < -0.39 is 12.1 Å². The summed E-state index contributed by atoms with van der Waals surface area (Å²) in [5, 5.41) is 12.6. The Morgan fingerprint density at radius 2 is 2.07 bits per heavy atom. The summed E-state index contributed by atoms with van der Waals surface area (Å²) in [6.45, 7) is 5.16. The number of ether oxygens (including phenoxy) is 2. The van der Waals surface area contributed by atoms with E-state index in [0.717, 1.165) is 43.0 Å². The Kier molecular flexibility index (Phi) is 9.67. The lowest BCUT2D eigenvalue weighted by Crippen LogP contribution is -2.34. The highest BCUT2D eigenvalue weighted by Gasteiger charge is 2.19. The number of carboxylic acids is 1. The molecule has 8 heteroatoms. The third kappa shape index (κ3) is 6.75. The fourth-order valence-electron chi connectivity index (χ4n) is 3.38. The van der Waals surface area contributed by atoms with Gasteiger partial charge in [0, 0.05) is 37.9 Å². The van der Waals surface area contributed by atoms with Gasteiger partial charge in [-0.3, -0.25) is 0 Å². The molecule has 0 saturated carbocycles. The van der Waals surface area contributed by atoms with Crippen molar-refractivity contribution in [3.8, 4) is 5.75 Å². The van der Waals surface area contributed by atoms with Crippen LogP contribution in [0.3, 0.4) is 0 Å². The summed E-state index contributed by atoms with van der Waals surface area (Å²) < 4.78 is 24.1. The molecule has 1 aliphatic heterocycles. The number of carboxylic acid groups (broad SMARTS) is 1. The summed E-state index contributed by atoms with van der Waals surface area (Å²) in [7, 11) is 0. The molecule has 160 valence electrons. The van der Waals surface area contributed by atoms with Crippen LogP contribution in [0.5, 0.6) is 5.75 Å². The minimum absolute atomic E-state index is 0. The SMILES string of the molecule is CCO[C@@H](Cc1ccc(NCCCN2CCOc3cc(F)ccc32)cc1)C(=O)O.[MgH2]. The zero-order valence-electron chi connectivity index (χ0n) is 16.6. The molecule has 2 aromatic rings. The molecule has 0 radical (unpaired) electrons. The van der Waals surface area contributed by atoms with Crippen LogP contribution < -0.4 is 15.0 Å². The van der Waals surface area contributed by atoms with Gasteiger partial charge >= 0.3 is 29.0 Å². The quantitative estimate of drug-likeness (QED) is 0.448. The monoisotopic (exact) mass is 428 g/mol. The number of hydrogen-bond acceptors (Lipinski definition) is 5. The maximum atomic E-state index is 13.3. The van der Waals surface area contributed by atoms with Crippen molar-refractivity contribution in [3.05, 3.63) is 53.8 Å². The highest BCUT2D eigenvalue weighted by Crippen LogP contribution is 2.32. The predicted molar refractivity (Wildman–Crippen MR) is 119 cm³/mol. The molecule has 0 aliphatic carbocycles. The van der Waals surface area contributed by atoms with Crippen LogP contribution in [0.15, 0.2) is 42.5 Å². The van der Waals surface area contributed by atoms with Crippen molar-refractivity contribution >= 4 is 40.4 Å². The molecule has 1 heterocycles. The summed E-state index contributed by atoms with van der Waals surface area (Å²) in [5.41, 5.74) is 2.85. The molecule has 2 aromatic carbocycles. The smallest absolute Gasteiger partial charge is 0.333 e. The van der Waals surface area contributed by atoms with E-state index in [1.165, 1.54) is 12.1 Å². The number of halogens is 1. The fraction of sp³-hybridized carbons (Fsp3) is 0.409. The van der Waals surface area contributed by atoms with Gasteiger partial charge in [0.1, 0.15) is 18.2 Å². The second-order valence-electron chi connectivity index (χ2n) is 6.91. The van der Waals surface area contributed by atoms with Crippen LogP contribution in [-0.4, -0.2) is 73.1 Å². The van der Waals surface area contributed by atoms with Crippen LogP contribution in [0, 0.1) is 5.82 Å². The predicted octanol–water partition coefficient (Wildman–Crippen LogP) is 2.64. The molecule has 0 unspecified atom stereocenters. The van der Waals surface area contributed by atoms with Gasteiger partial charge in [0.25, 0.3) is 0 Å². The summed E-state index contributed by atoms with van der Waals surface area (Å²) in [4.78, 5) is 13.4. The first-order chi connectivity index (χ1) is 14.1. The summed E-state index contributed by atoms with van der Waals surface area (Å²) in [6.07, 6.45) is 0.452. The molecule has 0 spiro atoms. The second-order valence-corrected chi connectivity index (χ2v) is 6.91. The normalized spacial score (nSPS) is 13.6. The standard InChI is InChI=1S/C22H27FN2O4.Mg.2H/c1-2-28-21(22(26)27)14-16-4-7-18(8-5-16)24-10-3-11-25-12-13-29-20-15-17(23)6-9-19(20)25;;;/h4-9,15,21,24H,2-3,10-14H2,1H3,(H,26,27);;;/t21-;;;/m0.../s1. The summed E-state index contributed by atoms with van der Waals surface area (Å²) in [6, 6.07) is 12.4. The summed E-state index contributed by atoms with van der Waals surface area (Å²) >= 11 is 0. The first-order valence-corrected chi connectivity index (χ1v) is 9.91. The highest BCUT2D eigenvalue weighted by atomic mass is 24.3. The number of aliphatic carboxylic acids is 1. The lowest BCUT2D eigenvalue weighted by atomic mass is 10.1. The molecule has 30 heavy (non-hydrogen) atoms. The first kappa shape index (κ1) is 24.2. The Morgan fingerprint density at radius 1 is 1.30 bits per heavy atom. The van der Waals surface area contributed by atoms with Gasteiger partial charge < -0.3 is 24.8 Å². The van der Waals surface area contributed by atoms with Crippen molar-refractivity contribution in [3.63, 3.8) is 0 Å². The van der Waals surface area contributed by atoms with Gasteiger partial charge in [-0.15, -0.1) is 0 Å². The van der Waals surface area contributed by atoms with Gasteiger partial charge in [-0.25, -0.2) is 9.18 Å². The molecule has 1 aliphatic rings. The highest BCUT2D eigenvalue weighted by molar-refractivity contribution is 5.75. The van der Waals surface area contributed by atoms with Crippen LogP contribution in [0.25, 0.3) is 0 Å². The van der Waals surface area contributed by atoms with Crippen LogP contribution in [0.1, 0.15) is 18.9 Å². The first-order valence-electron chi connectivity index (χ1n) is 9.91. The Morgan fingerprint density at radius 3 is 2.77 bits per heavy atom. The maximum Gasteiger partial charge on any atom is 0.333 e. The van der Waals surface area contributed by atoms with Gasteiger partial charge in [0.2, 0.25) is 0 Å². The second kappa shape index (κ2) is 12.0. The molecule has 6 nitrogen and oxygen atoms in total. The van der Waals surface area contributed by atoms with E-state index in [1.807, 2.05) is 24.3 Å². The van der Waals surface area contributed by atoms with Crippen molar-refractivity contribution in [1.29, 1.82) is 0 Å². The zero-order valence-corrected chi connectivity index (χ0v) is 16.6. The van der Waals surface area contributed by atoms with Gasteiger partial charge in [-0.05, 0) is 43.2 Å². The van der Waals surface area contributed by atoms with E-state index in [-0.39, 0.29) is 28.9 Å². The molecule has 2 N–H and O–H groups in total.